The van der Waals surface area contributed by atoms with Crippen molar-refractivity contribution in [3.05, 3.63) is 35.4 Å². The first kappa shape index (κ1) is 17.8. The number of halogens is 1. The van der Waals surface area contributed by atoms with Gasteiger partial charge in [0.25, 0.3) is 0 Å². The molecule has 1 aliphatic heterocycles. The van der Waals surface area contributed by atoms with Gasteiger partial charge in [-0.1, -0.05) is 17.7 Å². The highest BCUT2D eigenvalue weighted by molar-refractivity contribution is 7.91. The molecule has 0 bridgehead atoms. The fourth-order valence-corrected chi connectivity index (χ4v) is 4.63. The highest BCUT2D eigenvalue weighted by Crippen LogP contribution is 2.38. The lowest BCUT2D eigenvalue weighted by Gasteiger charge is -2.23. The van der Waals surface area contributed by atoms with E-state index in [2.05, 4.69) is 15.7 Å². The number of anilines is 2. The highest BCUT2D eigenvalue weighted by Gasteiger charge is 2.33. The molecule has 2 N–H and O–H groups in total. The van der Waals surface area contributed by atoms with Crippen LogP contribution in [0.5, 0.6) is 0 Å². The Hall–Kier alpha value is -2.03. The maximum Gasteiger partial charge on any atom is 0.214 e. The molecule has 3 rings (SSSR count). The molecule has 2 aromatic rings. The van der Waals surface area contributed by atoms with Gasteiger partial charge in [0.15, 0.2) is 16.5 Å². The Morgan fingerprint density at radius 3 is 2.84 bits per heavy atom. The number of aromatic nitrogens is 2. The van der Waals surface area contributed by atoms with Crippen LogP contribution < -0.4 is 10.6 Å². The van der Waals surface area contributed by atoms with Gasteiger partial charge in [-0.05, 0) is 31.2 Å². The molecule has 0 radical (unpaired) electrons. The standard InChI is InChI=1S/C16H19ClN4O3S/c1-10-7-12(9-24-3)19-16-14(15(18-2)20-21(10)16)25(22,23)13-6-4-5-11(17)8-13/h4-8,12,19H,9H2,1-3H3,(H,18,20). The van der Waals surface area contributed by atoms with Gasteiger partial charge in [0.05, 0.1) is 17.5 Å². The summed E-state index contributed by atoms with van der Waals surface area (Å²) in [5.41, 5.74) is 0.819. The van der Waals surface area contributed by atoms with Gasteiger partial charge in [0.1, 0.15) is 0 Å². The van der Waals surface area contributed by atoms with Crippen LogP contribution in [0.15, 0.2) is 40.1 Å². The number of nitrogens with one attached hydrogen (secondary N) is 2. The number of sulfone groups is 1. The van der Waals surface area contributed by atoms with Crippen LogP contribution in [0.25, 0.3) is 5.70 Å². The number of benzene rings is 1. The molecule has 2 heterocycles. The van der Waals surface area contributed by atoms with E-state index in [1.54, 1.807) is 31.0 Å². The minimum atomic E-state index is -3.82. The first-order chi connectivity index (χ1) is 11.9. The lowest BCUT2D eigenvalue weighted by Crippen LogP contribution is -2.29. The summed E-state index contributed by atoms with van der Waals surface area (Å²) in [4.78, 5) is 0.204. The van der Waals surface area contributed by atoms with Gasteiger partial charge < -0.3 is 15.4 Å². The van der Waals surface area contributed by atoms with Crippen LogP contribution >= 0.6 is 11.6 Å². The maximum absolute atomic E-state index is 13.2. The van der Waals surface area contributed by atoms with Crippen LogP contribution in [0, 0.1) is 0 Å². The number of ether oxygens (including phenoxy) is 1. The van der Waals surface area contributed by atoms with Gasteiger partial charge in [-0.15, -0.1) is 5.10 Å². The molecule has 1 aliphatic rings. The zero-order chi connectivity index (χ0) is 18.2. The Bertz CT molecular complexity index is 937. The first-order valence-electron chi connectivity index (χ1n) is 7.64. The lowest BCUT2D eigenvalue weighted by atomic mass is 10.2. The number of hydrogen-bond acceptors (Lipinski definition) is 6. The first-order valence-corrected chi connectivity index (χ1v) is 9.50. The van der Waals surface area contributed by atoms with E-state index in [4.69, 9.17) is 16.3 Å². The summed E-state index contributed by atoms with van der Waals surface area (Å²) in [5.74, 6) is 0.680. The topological polar surface area (TPSA) is 85.2 Å². The summed E-state index contributed by atoms with van der Waals surface area (Å²) >= 11 is 5.97. The minimum absolute atomic E-state index is 0.0887. The van der Waals surface area contributed by atoms with E-state index in [0.717, 1.165) is 5.70 Å². The summed E-state index contributed by atoms with van der Waals surface area (Å²) in [6, 6.07) is 6.04. The Labute approximate surface area is 151 Å². The van der Waals surface area contributed by atoms with Crippen molar-refractivity contribution in [1.29, 1.82) is 0 Å². The van der Waals surface area contributed by atoms with Crippen LogP contribution in [0.1, 0.15) is 6.92 Å². The van der Waals surface area contributed by atoms with Crippen molar-refractivity contribution < 1.29 is 13.2 Å². The van der Waals surface area contributed by atoms with Gasteiger partial charge >= 0.3 is 0 Å². The monoisotopic (exact) mass is 382 g/mol. The van der Waals surface area contributed by atoms with Crippen molar-refractivity contribution in [3.63, 3.8) is 0 Å². The number of methoxy groups -OCH3 is 1. The van der Waals surface area contributed by atoms with Gasteiger partial charge in [-0.3, -0.25) is 0 Å². The molecule has 25 heavy (non-hydrogen) atoms. The smallest absolute Gasteiger partial charge is 0.214 e. The Morgan fingerprint density at radius 2 is 2.20 bits per heavy atom. The zero-order valence-corrected chi connectivity index (χ0v) is 15.6. The Kier molecular flexibility index (Phi) is 4.77. The normalized spacial score (nSPS) is 16.8. The van der Waals surface area contributed by atoms with Crippen LogP contribution in [0.3, 0.4) is 0 Å². The predicted octanol–water partition coefficient (Wildman–Crippen LogP) is 2.71. The fourth-order valence-electron chi connectivity index (χ4n) is 2.80. The van der Waals surface area contributed by atoms with Gasteiger partial charge in [-0.25, -0.2) is 13.1 Å². The average molecular weight is 383 g/mol. The van der Waals surface area contributed by atoms with E-state index in [0.29, 0.717) is 17.4 Å². The number of fused-ring (bicyclic) bond motifs is 1. The summed E-state index contributed by atoms with van der Waals surface area (Å²) < 4.78 is 33.2. The molecule has 0 saturated carbocycles. The molecule has 0 saturated heterocycles. The average Bonchev–Trinajstić information content (AvgIpc) is 2.95. The molecular formula is C16H19ClN4O3S. The third kappa shape index (κ3) is 3.12. The fraction of sp³-hybridized carbons (Fsp3) is 0.312. The molecule has 9 heteroatoms. The van der Waals surface area contributed by atoms with Crippen LogP contribution in [-0.4, -0.2) is 45.0 Å². The third-order valence-electron chi connectivity index (χ3n) is 3.90. The third-order valence-corrected chi connectivity index (χ3v) is 5.93. The molecular weight excluding hydrogens is 364 g/mol. The largest absolute Gasteiger partial charge is 0.382 e. The molecule has 134 valence electrons. The van der Waals surface area contributed by atoms with E-state index in [-0.39, 0.29) is 21.7 Å². The molecule has 0 aliphatic carbocycles. The van der Waals surface area contributed by atoms with Gasteiger partial charge in [-0.2, -0.15) is 0 Å². The molecule has 0 fully saturated rings. The molecule has 1 atom stereocenters. The van der Waals surface area contributed by atoms with Crippen molar-refractivity contribution in [3.8, 4) is 0 Å². The number of rotatable bonds is 5. The zero-order valence-electron chi connectivity index (χ0n) is 14.1. The van der Waals surface area contributed by atoms with E-state index in [9.17, 15) is 8.42 Å². The summed E-state index contributed by atoms with van der Waals surface area (Å²) in [6.45, 7) is 2.28. The lowest BCUT2D eigenvalue weighted by molar-refractivity contribution is 0.196. The van der Waals surface area contributed by atoms with E-state index in [1.165, 1.54) is 12.1 Å². The second kappa shape index (κ2) is 6.70. The van der Waals surface area contributed by atoms with Crippen molar-refractivity contribution in [2.45, 2.75) is 22.8 Å². The van der Waals surface area contributed by atoms with Crippen LogP contribution in [0.4, 0.5) is 11.6 Å². The van der Waals surface area contributed by atoms with Crippen molar-refractivity contribution in [2.24, 2.45) is 0 Å². The molecule has 1 aromatic heterocycles. The van der Waals surface area contributed by atoms with E-state index in [1.807, 2.05) is 13.0 Å². The van der Waals surface area contributed by atoms with Crippen molar-refractivity contribution >= 4 is 38.8 Å². The highest BCUT2D eigenvalue weighted by atomic mass is 35.5. The Morgan fingerprint density at radius 1 is 1.44 bits per heavy atom. The van der Waals surface area contributed by atoms with E-state index >= 15 is 0 Å². The molecule has 1 unspecified atom stereocenters. The summed E-state index contributed by atoms with van der Waals surface area (Å²) in [5, 5.41) is 10.8. The quantitative estimate of drug-likeness (QED) is 0.827. The van der Waals surface area contributed by atoms with Gasteiger partial charge in [0, 0.05) is 24.9 Å². The second-order valence-corrected chi connectivity index (χ2v) is 7.99. The van der Waals surface area contributed by atoms with E-state index < -0.39 is 9.84 Å². The predicted molar refractivity (Wildman–Crippen MR) is 97.9 cm³/mol. The van der Waals surface area contributed by atoms with Crippen LogP contribution in [0.2, 0.25) is 5.02 Å². The maximum atomic E-state index is 13.2. The molecule has 0 amide bonds. The minimum Gasteiger partial charge on any atom is -0.382 e. The van der Waals surface area contributed by atoms with Crippen LogP contribution in [-0.2, 0) is 14.6 Å². The van der Waals surface area contributed by atoms with Crippen molar-refractivity contribution in [1.82, 2.24) is 9.78 Å². The molecule has 7 nitrogen and oxygen atoms in total. The molecule has 0 spiro atoms. The number of nitrogens with zero attached hydrogens (tertiary/aromatic N) is 2. The Balaban J connectivity index is 2.19. The SMILES string of the molecule is CNc1nn2c(c1S(=O)(=O)c1cccc(Cl)c1)NC(COC)C=C2C. The summed E-state index contributed by atoms with van der Waals surface area (Å²) in [7, 11) is -0.592. The second-order valence-electron chi connectivity index (χ2n) is 5.66. The summed E-state index contributed by atoms with van der Waals surface area (Å²) in [6.07, 6.45) is 1.94. The van der Waals surface area contributed by atoms with Gasteiger partial charge in [0.2, 0.25) is 9.84 Å². The number of allylic oxidation sites excluding steroid dienone is 1. The number of hydrogen-bond donors (Lipinski definition) is 2. The van der Waals surface area contributed by atoms with Crippen molar-refractivity contribution in [2.75, 3.05) is 31.4 Å². The molecule has 1 aromatic carbocycles.